The predicted octanol–water partition coefficient (Wildman–Crippen LogP) is 3.49. The predicted molar refractivity (Wildman–Crippen MR) is 124 cm³/mol. The quantitative estimate of drug-likeness (QED) is 0.579. The molecule has 1 aliphatic rings. The van der Waals surface area contributed by atoms with Gasteiger partial charge < -0.3 is 10.1 Å². The highest BCUT2D eigenvalue weighted by Crippen LogP contribution is 2.26. The van der Waals surface area contributed by atoms with E-state index in [0.717, 1.165) is 23.8 Å². The molecule has 0 saturated carbocycles. The average Bonchev–Trinajstić information content (AvgIpc) is 2.83. The van der Waals surface area contributed by atoms with Crippen LogP contribution in [0.15, 0.2) is 63.7 Å². The van der Waals surface area contributed by atoms with Gasteiger partial charge in [0.15, 0.2) is 0 Å². The fraction of sp³-hybridized carbons (Fsp3) is 0.292. The van der Waals surface area contributed by atoms with Crippen LogP contribution in [0.25, 0.3) is 0 Å². The number of pyridine rings is 1. The minimum absolute atomic E-state index is 0.214. The molecule has 1 atom stereocenters. The Bertz CT molecular complexity index is 1350. The number of benzene rings is 1. The molecular weight excluding hydrogens is 420 g/mol. The lowest BCUT2D eigenvalue weighted by Gasteiger charge is -2.23. The molecule has 1 N–H and O–H groups in total. The maximum absolute atomic E-state index is 12.8. The maximum atomic E-state index is 12.8. The number of hydrogen-bond acceptors (Lipinski definition) is 7. The van der Waals surface area contributed by atoms with E-state index in [0.29, 0.717) is 29.8 Å². The molecule has 0 aliphatic heterocycles. The van der Waals surface area contributed by atoms with Gasteiger partial charge >= 0.3 is 11.4 Å². The molecule has 0 spiro atoms. The summed E-state index contributed by atoms with van der Waals surface area (Å²) in [5, 5.41) is 12.1. The van der Waals surface area contributed by atoms with E-state index in [1.54, 1.807) is 42.5 Å². The van der Waals surface area contributed by atoms with Crippen LogP contribution in [0.3, 0.4) is 0 Å². The van der Waals surface area contributed by atoms with Crippen molar-refractivity contribution in [1.29, 1.82) is 5.26 Å². The van der Waals surface area contributed by atoms with Gasteiger partial charge in [-0.15, -0.1) is 0 Å². The topological polar surface area (TPSA) is 115 Å². The van der Waals surface area contributed by atoms with Crippen LogP contribution in [0, 0.1) is 17.2 Å². The molecule has 0 saturated heterocycles. The molecular formula is C24H24N6O3. The molecule has 4 rings (SSSR count). The number of rotatable bonds is 6. The Hall–Kier alpha value is -4.19. The summed E-state index contributed by atoms with van der Waals surface area (Å²) in [6.07, 6.45) is 5.11. The fourth-order valence-electron chi connectivity index (χ4n) is 3.67. The molecule has 0 amide bonds. The van der Waals surface area contributed by atoms with Crippen molar-refractivity contribution in [3.63, 3.8) is 0 Å². The first-order chi connectivity index (χ1) is 15.9. The van der Waals surface area contributed by atoms with E-state index < -0.39 is 11.4 Å². The van der Waals surface area contributed by atoms with Gasteiger partial charge in [-0.25, -0.2) is 19.1 Å². The Morgan fingerprint density at radius 3 is 2.67 bits per heavy atom. The first-order valence-electron chi connectivity index (χ1n) is 10.7. The van der Waals surface area contributed by atoms with E-state index >= 15 is 0 Å². The molecule has 1 aliphatic carbocycles. The van der Waals surface area contributed by atoms with Crippen molar-refractivity contribution in [3.8, 4) is 17.7 Å². The van der Waals surface area contributed by atoms with Gasteiger partial charge in [0.25, 0.3) is 0 Å². The first kappa shape index (κ1) is 22.0. The second kappa shape index (κ2) is 9.53. The Morgan fingerprint density at radius 1 is 1.18 bits per heavy atom. The number of nitrogens with one attached hydrogen (secondary N) is 1. The van der Waals surface area contributed by atoms with E-state index in [9.17, 15) is 9.59 Å². The molecule has 9 nitrogen and oxygen atoms in total. The average molecular weight is 444 g/mol. The molecule has 168 valence electrons. The number of allylic oxidation sites excluding steroid dienone is 2. The van der Waals surface area contributed by atoms with Crippen LogP contribution in [-0.4, -0.2) is 19.1 Å². The van der Waals surface area contributed by atoms with Crippen LogP contribution in [0.4, 0.5) is 11.6 Å². The molecule has 33 heavy (non-hydrogen) atoms. The monoisotopic (exact) mass is 444 g/mol. The second-order valence-corrected chi connectivity index (χ2v) is 8.09. The third kappa shape index (κ3) is 5.18. The number of anilines is 2. The summed E-state index contributed by atoms with van der Waals surface area (Å²) in [5.41, 5.74) is 1.28. The van der Waals surface area contributed by atoms with Crippen molar-refractivity contribution in [2.75, 3.05) is 5.32 Å². The van der Waals surface area contributed by atoms with Crippen LogP contribution in [0.5, 0.6) is 11.6 Å². The number of nitriles is 1. The Morgan fingerprint density at radius 2 is 1.97 bits per heavy atom. The summed E-state index contributed by atoms with van der Waals surface area (Å²) in [7, 11) is 1.43. The standard InChI is InChI=1S/C24H24N6O3/c1-16-6-8-17(9-7-16)15-30-22(28-23(31)29(2)24(30)32)27-18-10-12-20(13-11-18)33-21-5-3-4-19(14-25)26-21/h3-6,10-13,17H,7-9,15H2,1-2H3,(H,27,28,31). The molecule has 9 heteroatoms. The summed E-state index contributed by atoms with van der Waals surface area (Å²) >= 11 is 0. The Kier molecular flexibility index (Phi) is 6.36. The minimum Gasteiger partial charge on any atom is -0.439 e. The van der Waals surface area contributed by atoms with E-state index in [1.807, 2.05) is 6.07 Å². The number of nitrogens with zero attached hydrogens (tertiary/aromatic N) is 5. The van der Waals surface area contributed by atoms with E-state index in [2.05, 4.69) is 28.3 Å². The van der Waals surface area contributed by atoms with Gasteiger partial charge in [0.2, 0.25) is 11.8 Å². The van der Waals surface area contributed by atoms with Crippen molar-refractivity contribution in [1.82, 2.24) is 19.1 Å². The molecule has 0 radical (unpaired) electrons. The summed E-state index contributed by atoms with van der Waals surface area (Å²) in [4.78, 5) is 33.2. The van der Waals surface area contributed by atoms with Crippen LogP contribution < -0.4 is 21.4 Å². The zero-order valence-corrected chi connectivity index (χ0v) is 18.5. The highest BCUT2D eigenvalue weighted by Gasteiger charge is 2.18. The SMILES string of the molecule is CC1=CCC(Cn2c(Nc3ccc(Oc4cccc(C#N)n4)cc3)nc(=O)n(C)c2=O)CC1. The van der Waals surface area contributed by atoms with Gasteiger partial charge in [0.1, 0.15) is 17.5 Å². The van der Waals surface area contributed by atoms with Gasteiger partial charge in [0.05, 0.1) is 0 Å². The summed E-state index contributed by atoms with van der Waals surface area (Å²) in [5.74, 6) is 1.36. The highest BCUT2D eigenvalue weighted by atomic mass is 16.5. The van der Waals surface area contributed by atoms with Gasteiger partial charge in [-0.3, -0.25) is 4.57 Å². The lowest BCUT2D eigenvalue weighted by Crippen LogP contribution is -2.41. The van der Waals surface area contributed by atoms with Crippen molar-refractivity contribution in [2.45, 2.75) is 32.7 Å². The summed E-state index contributed by atoms with van der Waals surface area (Å²) in [6.45, 7) is 2.60. The largest absolute Gasteiger partial charge is 0.439 e. The van der Waals surface area contributed by atoms with Gasteiger partial charge in [0, 0.05) is 25.3 Å². The van der Waals surface area contributed by atoms with Crippen molar-refractivity contribution in [3.05, 3.63) is 80.8 Å². The zero-order valence-electron chi connectivity index (χ0n) is 18.5. The number of aromatic nitrogens is 4. The zero-order chi connectivity index (χ0) is 23.4. The van der Waals surface area contributed by atoms with Crippen molar-refractivity contribution < 1.29 is 4.74 Å². The van der Waals surface area contributed by atoms with Crippen LogP contribution in [0.2, 0.25) is 0 Å². The second-order valence-electron chi connectivity index (χ2n) is 8.09. The van der Waals surface area contributed by atoms with Gasteiger partial charge in [-0.05, 0) is 62.4 Å². The maximum Gasteiger partial charge on any atom is 0.354 e. The number of hydrogen-bond donors (Lipinski definition) is 1. The Labute approximate surface area is 190 Å². The van der Waals surface area contributed by atoms with Crippen molar-refractivity contribution in [2.24, 2.45) is 13.0 Å². The summed E-state index contributed by atoms with van der Waals surface area (Å²) in [6, 6.07) is 13.9. The van der Waals surface area contributed by atoms with Crippen LogP contribution >= 0.6 is 0 Å². The lowest BCUT2D eigenvalue weighted by molar-refractivity contribution is 0.388. The molecule has 2 heterocycles. The van der Waals surface area contributed by atoms with Gasteiger partial charge in [-0.2, -0.15) is 10.2 Å². The molecule has 1 aromatic carbocycles. The van der Waals surface area contributed by atoms with E-state index in [4.69, 9.17) is 10.00 Å². The molecule has 0 fully saturated rings. The third-order valence-electron chi connectivity index (χ3n) is 5.62. The highest BCUT2D eigenvalue weighted by molar-refractivity contribution is 5.54. The smallest absolute Gasteiger partial charge is 0.354 e. The van der Waals surface area contributed by atoms with E-state index in [-0.39, 0.29) is 11.6 Å². The van der Waals surface area contributed by atoms with Crippen LogP contribution in [0.1, 0.15) is 31.9 Å². The number of ether oxygens (including phenoxy) is 1. The fourth-order valence-corrected chi connectivity index (χ4v) is 3.67. The van der Waals surface area contributed by atoms with Crippen molar-refractivity contribution >= 4 is 11.6 Å². The molecule has 1 unspecified atom stereocenters. The lowest BCUT2D eigenvalue weighted by atomic mass is 9.90. The first-order valence-corrected chi connectivity index (χ1v) is 10.7. The normalized spacial score (nSPS) is 15.4. The Balaban J connectivity index is 1.55. The summed E-state index contributed by atoms with van der Waals surface area (Å²) < 4.78 is 8.25. The minimum atomic E-state index is -0.610. The molecule has 3 aromatic rings. The molecule has 2 aromatic heterocycles. The molecule has 0 bridgehead atoms. The third-order valence-corrected chi connectivity index (χ3v) is 5.62. The van der Waals surface area contributed by atoms with Crippen LogP contribution in [-0.2, 0) is 13.6 Å². The van der Waals surface area contributed by atoms with E-state index in [1.165, 1.54) is 17.2 Å². The van der Waals surface area contributed by atoms with Gasteiger partial charge in [-0.1, -0.05) is 17.7 Å².